The van der Waals surface area contributed by atoms with E-state index in [1.165, 1.54) is 5.56 Å². The molecule has 0 spiro atoms. The van der Waals surface area contributed by atoms with Crippen LogP contribution < -0.4 is 0 Å². The van der Waals surface area contributed by atoms with Crippen LogP contribution in [0.25, 0.3) is 11.3 Å². The first-order chi connectivity index (χ1) is 7.20. The molecule has 1 heterocycles. The van der Waals surface area contributed by atoms with Gasteiger partial charge in [-0.25, -0.2) is 0 Å². The normalized spacial score (nSPS) is 10.6. The molecule has 1 nitrogen and oxygen atoms in total. The predicted octanol–water partition coefficient (Wildman–Crippen LogP) is 4.48. The van der Waals surface area contributed by atoms with Crippen molar-refractivity contribution in [3.63, 3.8) is 0 Å². The smallest absolute Gasteiger partial charge is 0.0658 e. The lowest BCUT2D eigenvalue weighted by Gasteiger charge is -2.02. The summed E-state index contributed by atoms with van der Waals surface area (Å²) in [6, 6.07) is 10.5. The van der Waals surface area contributed by atoms with Crippen LogP contribution >= 0.6 is 27.7 Å². The van der Waals surface area contributed by atoms with Gasteiger partial charge in [0.15, 0.2) is 0 Å². The zero-order valence-corrected chi connectivity index (χ0v) is 10.7. The second kappa shape index (κ2) is 4.42. The van der Waals surface area contributed by atoms with Crippen LogP contribution in [-0.2, 0) is 6.42 Å². The number of rotatable bonds is 2. The van der Waals surface area contributed by atoms with E-state index in [0.29, 0.717) is 0 Å². The van der Waals surface area contributed by atoms with Gasteiger partial charge in [0.25, 0.3) is 0 Å². The molecular weight excluding hydrogens is 273 g/mol. The van der Waals surface area contributed by atoms with E-state index in [1.807, 2.05) is 12.3 Å². The first-order valence-electron chi connectivity index (χ1n) is 4.84. The summed E-state index contributed by atoms with van der Waals surface area (Å²) in [5.74, 6) is 0. The van der Waals surface area contributed by atoms with Crippen molar-refractivity contribution in [1.82, 2.24) is 4.09 Å². The minimum Gasteiger partial charge on any atom is -0.259 e. The number of hydrogen-bond donors (Lipinski definition) is 0. The SMILES string of the molecule is CCc1ccc(-c2cc(Br)cn2Cl)cc1. The maximum atomic E-state index is 6.04. The summed E-state index contributed by atoms with van der Waals surface area (Å²) in [6.45, 7) is 2.15. The molecule has 3 heteroatoms. The summed E-state index contributed by atoms with van der Waals surface area (Å²) in [5, 5.41) is 0. The minimum absolute atomic E-state index is 0.993. The third-order valence-electron chi connectivity index (χ3n) is 2.40. The molecule has 15 heavy (non-hydrogen) atoms. The lowest BCUT2D eigenvalue weighted by atomic mass is 10.1. The van der Waals surface area contributed by atoms with Crippen LogP contribution in [0.3, 0.4) is 0 Å². The highest BCUT2D eigenvalue weighted by Gasteiger charge is 2.05. The van der Waals surface area contributed by atoms with Gasteiger partial charge in [0.05, 0.1) is 5.69 Å². The lowest BCUT2D eigenvalue weighted by Crippen LogP contribution is -1.84. The van der Waals surface area contributed by atoms with Gasteiger partial charge in [0.1, 0.15) is 0 Å². The van der Waals surface area contributed by atoms with Crippen molar-refractivity contribution in [1.29, 1.82) is 0 Å². The Hall–Kier alpha value is -0.730. The highest BCUT2D eigenvalue weighted by Crippen LogP contribution is 2.26. The number of aryl methyl sites for hydroxylation is 1. The molecule has 2 rings (SSSR count). The highest BCUT2D eigenvalue weighted by molar-refractivity contribution is 9.10. The Morgan fingerprint density at radius 3 is 2.40 bits per heavy atom. The van der Waals surface area contributed by atoms with E-state index in [2.05, 4.69) is 47.1 Å². The molecule has 1 aromatic heterocycles. The Balaban J connectivity index is 2.41. The quantitative estimate of drug-likeness (QED) is 0.766. The lowest BCUT2D eigenvalue weighted by molar-refractivity contribution is 1.14. The molecule has 0 aliphatic carbocycles. The standard InChI is InChI=1S/C12H11BrClN/c1-2-9-3-5-10(6-4-9)12-7-11(13)8-15(12)14/h3-8H,2H2,1H3. The van der Waals surface area contributed by atoms with Gasteiger partial charge >= 0.3 is 0 Å². The van der Waals surface area contributed by atoms with Crippen LogP contribution in [0.1, 0.15) is 12.5 Å². The molecule has 0 fully saturated rings. The molecule has 0 radical (unpaired) electrons. The van der Waals surface area contributed by atoms with E-state index in [9.17, 15) is 0 Å². The molecular formula is C12H11BrClN. The second-order valence-electron chi connectivity index (χ2n) is 3.41. The topological polar surface area (TPSA) is 4.93 Å². The second-order valence-corrected chi connectivity index (χ2v) is 4.69. The van der Waals surface area contributed by atoms with Gasteiger partial charge in [-0.2, -0.15) is 0 Å². The molecule has 0 amide bonds. The average Bonchev–Trinajstić information content (AvgIpc) is 2.58. The van der Waals surface area contributed by atoms with Crippen LogP contribution in [0.5, 0.6) is 0 Å². The Kier molecular flexibility index (Phi) is 3.17. The third kappa shape index (κ3) is 2.27. The molecule has 2 aromatic rings. The summed E-state index contributed by atoms with van der Waals surface area (Å²) >= 11 is 9.44. The van der Waals surface area contributed by atoms with Crippen LogP contribution in [0, 0.1) is 0 Å². The zero-order chi connectivity index (χ0) is 10.8. The fourth-order valence-electron chi connectivity index (χ4n) is 1.53. The molecule has 0 aliphatic rings. The van der Waals surface area contributed by atoms with Crippen molar-refractivity contribution in [2.45, 2.75) is 13.3 Å². The summed E-state index contributed by atoms with van der Waals surface area (Å²) in [5.41, 5.74) is 3.48. The summed E-state index contributed by atoms with van der Waals surface area (Å²) in [7, 11) is 0. The summed E-state index contributed by atoms with van der Waals surface area (Å²) in [6.07, 6.45) is 2.90. The molecule has 0 atom stereocenters. The minimum atomic E-state index is 0.993. The largest absolute Gasteiger partial charge is 0.259 e. The Morgan fingerprint density at radius 1 is 1.27 bits per heavy atom. The molecule has 78 valence electrons. The predicted molar refractivity (Wildman–Crippen MR) is 68.2 cm³/mol. The van der Waals surface area contributed by atoms with Crippen molar-refractivity contribution in [2.24, 2.45) is 0 Å². The van der Waals surface area contributed by atoms with E-state index in [4.69, 9.17) is 11.8 Å². The van der Waals surface area contributed by atoms with Gasteiger partial charge in [-0.1, -0.05) is 31.2 Å². The number of aromatic nitrogens is 1. The van der Waals surface area contributed by atoms with Crippen molar-refractivity contribution >= 4 is 27.7 Å². The number of nitrogens with zero attached hydrogens (tertiary/aromatic N) is 1. The number of benzene rings is 1. The fraction of sp³-hybridized carbons (Fsp3) is 0.167. The van der Waals surface area contributed by atoms with Gasteiger partial charge in [-0.15, -0.1) is 0 Å². The van der Waals surface area contributed by atoms with Gasteiger partial charge in [-0.05, 0) is 39.5 Å². The number of hydrogen-bond acceptors (Lipinski definition) is 0. The van der Waals surface area contributed by atoms with Crippen molar-refractivity contribution < 1.29 is 0 Å². The average molecular weight is 285 g/mol. The van der Waals surface area contributed by atoms with E-state index < -0.39 is 0 Å². The van der Waals surface area contributed by atoms with Gasteiger partial charge in [0, 0.05) is 22.4 Å². The van der Waals surface area contributed by atoms with Gasteiger partial charge < -0.3 is 0 Å². The van der Waals surface area contributed by atoms with Crippen molar-refractivity contribution in [3.8, 4) is 11.3 Å². The summed E-state index contributed by atoms with van der Waals surface area (Å²) in [4.78, 5) is 0. The molecule has 0 saturated carbocycles. The highest BCUT2D eigenvalue weighted by atomic mass is 79.9. The van der Waals surface area contributed by atoms with E-state index in [0.717, 1.165) is 22.2 Å². The van der Waals surface area contributed by atoms with E-state index in [-0.39, 0.29) is 0 Å². The molecule has 0 unspecified atom stereocenters. The first-order valence-corrected chi connectivity index (χ1v) is 5.97. The van der Waals surface area contributed by atoms with E-state index >= 15 is 0 Å². The van der Waals surface area contributed by atoms with Crippen LogP contribution in [-0.4, -0.2) is 4.09 Å². The molecule has 0 N–H and O–H groups in total. The third-order valence-corrected chi connectivity index (χ3v) is 3.11. The van der Waals surface area contributed by atoms with E-state index in [1.54, 1.807) is 4.09 Å². The Bertz CT molecular complexity index is 459. The maximum absolute atomic E-state index is 6.04. The van der Waals surface area contributed by atoms with Gasteiger partial charge in [-0.3, -0.25) is 4.09 Å². The number of halogens is 2. The van der Waals surface area contributed by atoms with Crippen LogP contribution in [0.15, 0.2) is 41.0 Å². The monoisotopic (exact) mass is 283 g/mol. The van der Waals surface area contributed by atoms with Crippen LogP contribution in [0.4, 0.5) is 0 Å². The molecule has 0 saturated heterocycles. The Labute approximate surface area is 103 Å². The van der Waals surface area contributed by atoms with Gasteiger partial charge in [0.2, 0.25) is 0 Å². The molecule has 0 aliphatic heterocycles. The fourth-order valence-corrected chi connectivity index (χ4v) is 2.32. The molecule has 1 aromatic carbocycles. The maximum Gasteiger partial charge on any atom is 0.0658 e. The summed E-state index contributed by atoms with van der Waals surface area (Å²) < 4.78 is 2.59. The molecule has 0 bridgehead atoms. The van der Waals surface area contributed by atoms with Crippen molar-refractivity contribution in [2.75, 3.05) is 0 Å². The zero-order valence-electron chi connectivity index (χ0n) is 8.37. The first kappa shape index (κ1) is 10.8. The Morgan fingerprint density at radius 2 is 1.93 bits per heavy atom. The van der Waals surface area contributed by atoms with Crippen molar-refractivity contribution in [3.05, 3.63) is 46.6 Å². The van der Waals surface area contributed by atoms with Crippen LogP contribution in [0.2, 0.25) is 0 Å².